The number of guanidine groups is 1. The van der Waals surface area contributed by atoms with Crippen molar-refractivity contribution in [2.24, 2.45) is 10.9 Å². The van der Waals surface area contributed by atoms with E-state index in [4.69, 9.17) is 19.2 Å². The fraction of sp³-hybridized carbons (Fsp3) is 0.913. The van der Waals surface area contributed by atoms with E-state index in [1.165, 1.54) is 0 Å². The summed E-state index contributed by atoms with van der Waals surface area (Å²) in [6.45, 7) is 14.3. The Bertz CT molecular complexity index is 563. The molecule has 0 bridgehead atoms. The van der Waals surface area contributed by atoms with Gasteiger partial charge in [0.1, 0.15) is 5.60 Å². The fourth-order valence-electron chi connectivity index (χ4n) is 4.04. The summed E-state index contributed by atoms with van der Waals surface area (Å²) in [6, 6.07) is 0. The number of halogens is 1. The topological polar surface area (TPSA) is 75.6 Å². The average molecular weight is 569 g/mol. The van der Waals surface area contributed by atoms with Crippen molar-refractivity contribution in [1.29, 1.82) is 0 Å². The van der Waals surface area contributed by atoms with E-state index in [1.54, 1.807) is 7.11 Å². The number of ether oxygens (including phenoxy) is 3. The minimum Gasteiger partial charge on any atom is -0.444 e. The van der Waals surface area contributed by atoms with Crippen LogP contribution in [-0.4, -0.2) is 93.1 Å². The summed E-state index contributed by atoms with van der Waals surface area (Å²) in [5.74, 6) is 1.35. The SMILES string of the molecule is CCNC(=NCC1CCCN(C(=O)OC(C)(C)C)C1)N1CCC(OCCCOC)CC1.I. The molecule has 0 aromatic carbocycles. The molecule has 0 aromatic rings. The maximum Gasteiger partial charge on any atom is 0.410 e. The van der Waals surface area contributed by atoms with Crippen molar-refractivity contribution in [3.05, 3.63) is 0 Å². The minimum atomic E-state index is -0.458. The number of aliphatic imine (C=N–C) groups is 1. The molecule has 8 nitrogen and oxygen atoms in total. The maximum atomic E-state index is 12.4. The highest BCUT2D eigenvalue weighted by molar-refractivity contribution is 14.0. The van der Waals surface area contributed by atoms with Crippen LogP contribution in [0.5, 0.6) is 0 Å². The number of likely N-dealkylation sites (tertiary alicyclic amines) is 2. The van der Waals surface area contributed by atoms with Gasteiger partial charge in [0.15, 0.2) is 5.96 Å². The lowest BCUT2D eigenvalue weighted by Gasteiger charge is -2.35. The number of hydrogen-bond acceptors (Lipinski definition) is 5. The summed E-state index contributed by atoms with van der Waals surface area (Å²) in [5.41, 5.74) is -0.458. The quantitative estimate of drug-likeness (QED) is 0.208. The van der Waals surface area contributed by atoms with Gasteiger partial charge in [0.2, 0.25) is 0 Å². The van der Waals surface area contributed by atoms with Gasteiger partial charge in [0, 0.05) is 59.6 Å². The number of piperidine rings is 2. The smallest absolute Gasteiger partial charge is 0.410 e. The highest BCUT2D eigenvalue weighted by atomic mass is 127. The number of nitrogens with one attached hydrogen (secondary N) is 1. The van der Waals surface area contributed by atoms with Crippen LogP contribution in [0.1, 0.15) is 59.8 Å². The van der Waals surface area contributed by atoms with Gasteiger partial charge in [-0.2, -0.15) is 0 Å². The molecule has 1 N–H and O–H groups in total. The van der Waals surface area contributed by atoms with E-state index < -0.39 is 5.60 Å². The Labute approximate surface area is 211 Å². The summed E-state index contributed by atoms with van der Waals surface area (Å²) >= 11 is 0. The third kappa shape index (κ3) is 10.9. The highest BCUT2D eigenvalue weighted by Crippen LogP contribution is 2.20. The van der Waals surface area contributed by atoms with Crippen LogP contribution in [0.25, 0.3) is 0 Å². The van der Waals surface area contributed by atoms with Gasteiger partial charge in [0.05, 0.1) is 6.10 Å². The van der Waals surface area contributed by atoms with Crippen LogP contribution in [-0.2, 0) is 14.2 Å². The Morgan fingerprint density at radius 3 is 2.44 bits per heavy atom. The molecule has 2 saturated heterocycles. The number of amides is 1. The number of methoxy groups -OCH3 is 1. The van der Waals surface area contributed by atoms with Gasteiger partial charge in [-0.3, -0.25) is 4.99 Å². The van der Waals surface area contributed by atoms with Gasteiger partial charge in [-0.05, 0) is 65.7 Å². The molecule has 1 unspecified atom stereocenters. The van der Waals surface area contributed by atoms with Crippen LogP contribution in [0.4, 0.5) is 4.79 Å². The van der Waals surface area contributed by atoms with E-state index >= 15 is 0 Å². The fourth-order valence-corrected chi connectivity index (χ4v) is 4.04. The molecule has 0 spiro atoms. The largest absolute Gasteiger partial charge is 0.444 e. The van der Waals surface area contributed by atoms with Gasteiger partial charge < -0.3 is 29.3 Å². The van der Waals surface area contributed by atoms with Gasteiger partial charge in [-0.1, -0.05) is 0 Å². The summed E-state index contributed by atoms with van der Waals surface area (Å²) in [6.07, 6.45) is 5.21. The van der Waals surface area contributed by atoms with E-state index in [9.17, 15) is 4.79 Å². The van der Waals surface area contributed by atoms with Crippen molar-refractivity contribution in [3.63, 3.8) is 0 Å². The molecular weight excluding hydrogens is 523 g/mol. The second-order valence-corrected chi connectivity index (χ2v) is 9.53. The summed E-state index contributed by atoms with van der Waals surface area (Å²) in [7, 11) is 1.72. The molecule has 9 heteroatoms. The number of rotatable bonds is 8. The lowest BCUT2D eigenvalue weighted by Crippen LogP contribution is -2.47. The van der Waals surface area contributed by atoms with Crippen molar-refractivity contribution < 1.29 is 19.0 Å². The summed E-state index contributed by atoms with van der Waals surface area (Å²) in [5, 5.41) is 3.45. The Hall–Kier alpha value is -0.810. The second kappa shape index (κ2) is 15.2. The summed E-state index contributed by atoms with van der Waals surface area (Å²) in [4.78, 5) is 21.5. The van der Waals surface area contributed by atoms with E-state index in [1.807, 2.05) is 25.7 Å². The van der Waals surface area contributed by atoms with Crippen LogP contribution < -0.4 is 5.32 Å². The van der Waals surface area contributed by atoms with Crippen molar-refractivity contribution >= 4 is 36.0 Å². The van der Waals surface area contributed by atoms with Crippen LogP contribution in [0.2, 0.25) is 0 Å². The van der Waals surface area contributed by atoms with E-state index in [0.29, 0.717) is 12.0 Å². The molecule has 0 aromatic heterocycles. The molecule has 1 amide bonds. The van der Waals surface area contributed by atoms with Crippen molar-refractivity contribution in [3.8, 4) is 0 Å². The zero-order chi connectivity index (χ0) is 22.7. The van der Waals surface area contributed by atoms with Crippen LogP contribution in [0.3, 0.4) is 0 Å². The molecule has 2 rings (SSSR count). The van der Waals surface area contributed by atoms with E-state index in [0.717, 1.165) is 90.5 Å². The maximum absolute atomic E-state index is 12.4. The number of hydrogen-bond donors (Lipinski definition) is 1. The Morgan fingerprint density at radius 1 is 1.09 bits per heavy atom. The zero-order valence-electron chi connectivity index (χ0n) is 20.7. The summed E-state index contributed by atoms with van der Waals surface area (Å²) < 4.78 is 16.6. The van der Waals surface area contributed by atoms with Crippen molar-refractivity contribution in [1.82, 2.24) is 15.1 Å². The third-order valence-corrected chi connectivity index (χ3v) is 5.59. The first-order valence-electron chi connectivity index (χ1n) is 11.9. The predicted octanol–water partition coefficient (Wildman–Crippen LogP) is 3.73. The van der Waals surface area contributed by atoms with Crippen LogP contribution in [0.15, 0.2) is 4.99 Å². The van der Waals surface area contributed by atoms with Gasteiger partial charge in [-0.15, -0.1) is 24.0 Å². The van der Waals surface area contributed by atoms with Gasteiger partial charge >= 0.3 is 6.09 Å². The molecule has 32 heavy (non-hydrogen) atoms. The first-order chi connectivity index (χ1) is 14.8. The highest BCUT2D eigenvalue weighted by Gasteiger charge is 2.28. The number of carbonyl (C=O) groups excluding carboxylic acids is 1. The Kier molecular flexibility index (Phi) is 13.8. The monoisotopic (exact) mass is 568 g/mol. The van der Waals surface area contributed by atoms with Crippen molar-refractivity contribution in [2.45, 2.75) is 71.5 Å². The molecule has 0 saturated carbocycles. The minimum absolute atomic E-state index is 0. The molecule has 0 radical (unpaired) electrons. The standard InChI is InChI=1S/C23H44N4O4.HI/c1-6-24-21(26-13-10-20(11-14-26)30-16-8-15-29-5)25-17-19-9-7-12-27(18-19)22(28)31-23(2,3)4;/h19-20H,6-18H2,1-5H3,(H,24,25);1H. The number of nitrogens with zero attached hydrogens (tertiary/aromatic N) is 3. The molecule has 188 valence electrons. The van der Waals surface area contributed by atoms with Crippen molar-refractivity contribution in [2.75, 3.05) is 59.6 Å². The lowest BCUT2D eigenvalue weighted by molar-refractivity contribution is 0.00988. The first-order valence-corrected chi connectivity index (χ1v) is 11.9. The van der Waals surface area contributed by atoms with E-state index in [-0.39, 0.29) is 30.1 Å². The molecule has 1 atom stereocenters. The zero-order valence-corrected chi connectivity index (χ0v) is 23.1. The first kappa shape index (κ1) is 29.2. The molecule has 2 heterocycles. The Balaban J connectivity index is 0.00000512. The lowest BCUT2D eigenvalue weighted by atomic mass is 9.98. The molecule has 2 fully saturated rings. The average Bonchev–Trinajstić information content (AvgIpc) is 2.74. The van der Waals surface area contributed by atoms with E-state index in [2.05, 4.69) is 17.1 Å². The van der Waals surface area contributed by atoms with Crippen LogP contribution in [0, 0.1) is 5.92 Å². The molecular formula is C23H45IN4O4. The molecule has 2 aliphatic rings. The van der Waals surface area contributed by atoms with Gasteiger partial charge in [0.25, 0.3) is 0 Å². The molecule has 0 aliphatic carbocycles. The van der Waals surface area contributed by atoms with Crippen LogP contribution >= 0.6 is 24.0 Å². The number of carbonyl (C=O) groups is 1. The second-order valence-electron chi connectivity index (χ2n) is 9.53. The van der Waals surface area contributed by atoms with Gasteiger partial charge in [-0.25, -0.2) is 4.79 Å². The molecule has 2 aliphatic heterocycles. The predicted molar refractivity (Wildman–Crippen MR) is 139 cm³/mol. The Morgan fingerprint density at radius 2 is 1.81 bits per heavy atom. The third-order valence-electron chi connectivity index (χ3n) is 5.59. The normalized spacial score (nSPS) is 20.7.